The molecule has 1 unspecified atom stereocenters. The number of alkyl halides is 2. The summed E-state index contributed by atoms with van der Waals surface area (Å²) in [5.41, 5.74) is 0.165. The lowest BCUT2D eigenvalue weighted by atomic mass is 9.84. The molecule has 0 aliphatic rings. The molecule has 0 N–H and O–H groups in total. The summed E-state index contributed by atoms with van der Waals surface area (Å²) in [6, 6.07) is 0. The van der Waals surface area contributed by atoms with Crippen LogP contribution in [0.2, 0.25) is 0 Å². The predicted octanol–water partition coefficient (Wildman–Crippen LogP) is 4.49. The van der Waals surface area contributed by atoms with E-state index in [2.05, 4.69) is 20.8 Å². The van der Waals surface area contributed by atoms with E-state index in [1.165, 1.54) is 0 Å². The second-order valence-corrected chi connectivity index (χ2v) is 5.16. The Balaban J connectivity index is 4.02. The van der Waals surface area contributed by atoms with Gasteiger partial charge in [-0.25, -0.2) is 8.78 Å². The Morgan fingerprint density at radius 1 is 1.08 bits per heavy atom. The minimum Gasteiger partial charge on any atom is -0.207 e. The number of hydrogen-bond donors (Lipinski definition) is 0. The molecule has 0 rings (SSSR count). The smallest absolute Gasteiger partial charge is 0.207 e. The Labute approximate surface area is 80.7 Å². The van der Waals surface area contributed by atoms with E-state index in [1.54, 1.807) is 0 Å². The van der Waals surface area contributed by atoms with E-state index in [0.717, 1.165) is 13.3 Å². The van der Waals surface area contributed by atoms with Crippen LogP contribution in [0, 0.1) is 11.3 Å². The molecule has 0 aliphatic heterocycles. The number of halogens is 2. The quantitative estimate of drug-likeness (QED) is 0.615. The molecule has 0 aromatic heterocycles. The van der Waals surface area contributed by atoms with Gasteiger partial charge in [0.1, 0.15) is 0 Å². The summed E-state index contributed by atoms with van der Waals surface area (Å²) in [6.45, 7) is 9.14. The van der Waals surface area contributed by atoms with E-state index in [0.29, 0.717) is 12.8 Å². The van der Waals surface area contributed by atoms with E-state index in [-0.39, 0.29) is 5.41 Å². The van der Waals surface area contributed by atoms with E-state index in [9.17, 15) is 8.78 Å². The summed E-state index contributed by atoms with van der Waals surface area (Å²) in [6.07, 6.45) is 2.07. The third-order valence-corrected chi connectivity index (χ3v) is 2.45. The van der Waals surface area contributed by atoms with Crippen LogP contribution in [0.1, 0.15) is 53.9 Å². The van der Waals surface area contributed by atoms with Crippen LogP contribution in [0.15, 0.2) is 0 Å². The molecular weight excluding hydrogens is 170 g/mol. The Bertz CT molecular complexity index is 139. The highest BCUT2D eigenvalue weighted by Gasteiger charge is 2.32. The predicted molar refractivity (Wildman–Crippen MR) is 53.1 cm³/mol. The van der Waals surface area contributed by atoms with Crippen molar-refractivity contribution in [2.45, 2.75) is 59.8 Å². The maximum Gasteiger partial charge on any atom is 0.248 e. The van der Waals surface area contributed by atoms with Gasteiger partial charge in [0.25, 0.3) is 0 Å². The van der Waals surface area contributed by atoms with Crippen LogP contribution in [-0.2, 0) is 0 Å². The van der Waals surface area contributed by atoms with E-state index >= 15 is 0 Å². The molecule has 0 fully saturated rings. The Kier molecular flexibility index (Phi) is 4.34. The SMILES string of the molecule is CCC(CCC(C)(C)C)C(C)(F)F. The molecule has 0 spiro atoms. The minimum atomic E-state index is -2.51. The first kappa shape index (κ1) is 12.9. The molecule has 0 saturated carbocycles. The summed E-state index contributed by atoms with van der Waals surface area (Å²) in [4.78, 5) is 0. The first-order valence-corrected chi connectivity index (χ1v) is 5.04. The molecule has 1 atom stereocenters. The van der Waals surface area contributed by atoms with E-state index in [1.807, 2.05) is 6.92 Å². The fourth-order valence-electron chi connectivity index (χ4n) is 1.42. The molecule has 0 bridgehead atoms. The fourth-order valence-corrected chi connectivity index (χ4v) is 1.42. The second kappa shape index (κ2) is 4.39. The zero-order chi connectivity index (χ0) is 10.7. The van der Waals surface area contributed by atoms with Crippen molar-refractivity contribution in [1.82, 2.24) is 0 Å². The van der Waals surface area contributed by atoms with Gasteiger partial charge in [-0.1, -0.05) is 27.7 Å². The standard InChI is InChI=1S/C11H22F2/c1-6-9(11(5,12)13)7-8-10(2,3)4/h9H,6-8H2,1-5H3. The molecule has 2 heteroatoms. The van der Waals surface area contributed by atoms with Gasteiger partial charge in [0.05, 0.1) is 0 Å². The van der Waals surface area contributed by atoms with Gasteiger partial charge >= 0.3 is 0 Å². The topological polar surface area (TPSA) is 0 Å². The highest BCUT2D eigenvalue weighted by molar-refractivity contribution is 4.74. The summed E-state index contributed by atoms with van der Waals surface area (Å²) in [5, 5.41) is 0. The van der Waals surface area contributed by atoms with Crippen LogP contribution in [0.3, 0.4) is 0 Å². The normalized spacial score (nSPS) is 15.9. The van der Waals surface area contributed by atoms with Gasteiger partial charge in [-0.2, -0.15) is 0 Å². The van der Waals surface area contributed by atoms with Crippen molar-refractivity contribution in [2.75, 3.05) is 0 Å². The molecule has 0 nitrogen and oxygen atoms in total. The third-order valence-electron chi connectivity index (χ3n) is 2.45. The van der Waals surface area contributed by atoms with Gasteiger partial charge in [-0.3, -0.25) is 0 Å². The molecular formula is C11H22F2. The van der Waals surface area contributed by atoms with Crippen molar-refractivity contribution in [3.8, 4) is 0 Å². The number of hydrogen-bond acceptors (Lipinski definition) is 0. The largest absolute Gasteiger partial charge is 0.248 e. The van der Waals surface area contributed by atoms with Crippen LogP contribution < -0.4 is 0 Å². The van der Waals surface area contributed by atoms with Gasteiger partial charge in [-0.05, 0) is 31.6 Å². The molecule has 0 saturated heterocycles. The van der Waals surface area contributed by atoms with Gasteiger partial charge in [0.15, 0.2) is 0 Å². The van der Waals surface area contributed by atoms with Crippen molar-refractivity contribution in [3.63, 3.8) is 0 Å². The summed E-state index contributed by atoms with van der Waals surface area (Å²) < 4.78 is 25.9. The third kappa shape index (κ3) is 6.00. The van der Waals surface area contributed by atoms with Crippen molar-refractivity contribution < 1.29 is 8.78 Å². The Morgan fingerprint density at radius 2 is 1.54 bits per heavy atom. The molecule has 80 valence electrons. The lowest BCUT2D eigenvalue weighted by Crippen LogP contribution is -2.25. The number of rotatable bonds is 4. The van der Waals surface area contributed by atoms with Crippen LogP contribution in [0.5, 0.6) is 0 Å². The molecule has 0 amide bonds. The molecule has 0 aromatic rings. The van der Waals surface area contributed by atoms with Crippen LogP contribution in [0.25, 0.3) is 0 Å². The molecule has 0 aliphatic carbocycles. The summed E-state index contributed by atoms with van der Waals surface area (Å²) >= 11 is 0. The Hall–Kier alpha value is -0.140. The van der Waals surface area contributed by atoms with Crippen molar-refractivity contribution in [1.29, 1.82) is 0 Å². The summed E-state index contributed by atoms with van der Waals surface area (Å²) in [5.74, 6) is -2.97. The lowest BCUT2D eigenvalue weighted by molar-refractivity contribution is -0.0472. The molecule has 13 heavy (non-hydrogen) atoms. The molecule has 0 heterocycles. The van der Waals surface area contributed by atoms with Crippen molar-refractivity contribution in [2.24, 2.45) is 11.3 Å². The zero-order valence-electron chi connectivity index (χ0n) is 9.45. The summed E-state index contributed by atoms with van der Waals surface area (Å²) in [7, 11) is 0. The van der Waals surface area contributed by atoms with Crippen LogP contribution in [0.4, 0.5) is 8.78 Å². The van der Waals surface area contributed by atoms with Crippen molar-refractivity contribution >= 4 is 0 Å². The monoisotopic (exact) mass is 192 g/mol. The van der Waals surface area contributed by atoms with Gasteiger partial charge < -0.3 is 0 Å². The first-order valence-electron chi connectivity index (χ1n) is 5.04. The van der Waals surface area contributed by atoms with E-state index < -0.39 is 11.8 Å². The maximum absolute atomic E-state index is 13.0. The van der Waals surface area contributed by atoms with E-state index in [4.69, 9.17) is 0 Å². The highest BCUT2D eigenvalue weighted by Crippen LogP contribution is 2.33. The molecule has 0 aromatic carbocycles. The van der Waals surface area contributed by atoms with Crippen LogP contribution in [-0.4, -0.2) is 5.92 Å². The average molecular weight is 192 g/mol. The van der Waals surface area contributed by atoms with Gasteiger partial charge in [0, 0.05) is 5.92 Å². The lowest BCUT2D eigenvalue weighted by Gasteiger charge is -2.26. The molecule has 0 radical (unpaired) electrons. The van der Waals surface area contributed by atoms with Crippen LogP contribution >= 0.6 is 0 Å². The minimum absolute atomic E-state index is 0.165. The second-order valence-electron chi connectivity index (χ2n) is 5.16. The highest BCUT2D eigenvalue weighted by atomic mass is 19.3. The Morgan fingerprint density at radius 3 is 1.77 bits per heavy atom. The maximum atomic E-state index is 13.0. The fraction of sp³-hybridized carbons (Fsp3) is 1.00. The first-order chi connectivity index (χ1) is 5.67. The zero-order valence-corrected chi connectivity index (χ0v) is 9.45. The van der Waals surface area contributed by atoms with Gasteiger partial charge in [-0.15, -0.1) is 0 Å². The van der Waals surface area contributed by atoms with Gasteiger partial charge in [0.2, 0.25) is 5.92 Å². The average Bonchev–Trinajstić information content (AvgIpc) is 1.82. The van der Waals surface area contributed by atoms with Crippen molar-refractivity contribution in [3.05, 3.63) is 0 Å².